The Morgan fingerprint density at radius 3 is 2.39 bits per heavy atom. The molecule has 4 rings (SSSR count). The van der Waals surface area contributed by atoms with E-state index in [1.165, 1.54) is 11.7 Å². The van der Waals surface area contributed by atoms with Crippen LogP contribution < -0.4 is 14.8 Å². The van der Waals surface area contributed by atoms with Gasteiger partial charge in [-0.2, -0.15) is 8.75 Å². The third-order valence-corrected chi connectivity index (χ3v) is 6.09. The first-order chi connectivity index (χ1) is 15.1. The van der Waals surface area contributed by atoms with Crippen LogP contribution in [-0.4, -0.2) is 52.8 Å². The molecule has 31 heavy (non-hydrogen) atoms. The van der Waals surface area contributed by atoms with Crippen LogP contribution >= 0.6 is 11.7 Å². The van der Waals surface area contributed by atoms with Crippen LogP contribution in [0, 0.1) is 5.92 Å². The number of likely N-dealkylation sites (tertiary alicyclic amines) is 1. The molecule has 1 aromatic heterocycles. The fraction of sp³-hybridized carbons (Fsp3) is 0.364. The summed E-state index contributed by atoms with van der Waals surface area (Å²) in [7, 11) is 3.11. The lowest BCUT2D eigenvalue weighted by Gasteiger charge is -2.31. The molecule has 1 aliphatic heterocycles. The fourth-order valence-corrected chi connectivity index (χ4v) is 4.25. The largest absolute Gasteiger partial charge is 0.497 e. The molecule has 1 N–H and O–H groups in total. The monoisotopic (exact) mass is 440 g/mol. The Morgan fingerprint density at radius 2 is 1.71 bits per heavy atom. The van der Waals surface area contributed by atoms with Gasteiger partial charge in [0.2, 0.25) is 5.91 Å². The summed E-state index contributed by atoms with van der Waals surface area (Å²) >= 11 is 1.18. The number of piperidine rings is 1. The van der Waals surface area contributed by atoms with E-state index in [-0.39, 0.29) is 17.7 Å². The summed E-state index contributed by atoms with van der Waals surface area (Å²) < 4.78 is 18.9. The number of carbonyl (C=O) groups is 2. The zero-order valence-electron chi connectivity index (χ0n) is 17.5. The van der Waals surface area contributed by atoms with Crippen molar-refractivity contribution in [1.29, 1.82) is 0 Å². The molecule has 3 aromatic rings. The molecule has 2 amide bonds. The zero-order valence-corrected chi connectivity index (χ0v) is 18.3. The number of hydrogen-bond donors (Lipinski definition) is 1. The van der Waals surface area contributed by atoms with Gasteiger partial charge >= 0.3 is 0 Å². The van der Waals surface area contributed by atoms with Crippen LogP contribution in [0.5, 0.6) is 11.5 Å². The second-order valence-corrected chi connectivity index (χ2v) is 8.00. The summed E-state index contributed by atoms with van der Waals surface area (Å²) in [5.41, 5.74) is 3.22. The Bertz CT molecular complexity index is 1070. The van der Waals surface area contributed by atoms with Crippen molar-refractivity contribution >= 4 is 34.6 Å². The van der Waals surface area contributed by atoms with Crippen LogP contribution in [0.1, 0.15) is 28.8 Å². The van der Waals surface area contributed by atoms with E-state index in [0.29, 0.717) is 49.5 Å². The summed E-state index contributed by atoms with van der Waals surface area (Å²) in [4.78, 5) is 27.3. The number of nitrogens with one attached hydrogen (secondary N) is 1. The van der Waals surface area contributed by atoms with Crippen molar-refractivity contribution in [1.82, 2.24) is 19.0 Å². The van der Waals surface area contributed by atoms with Crippen LogP contribution in [0.2, 0.25) is 0 Å². The molecule has 1 fully saturated rings. The predicted octanol–water partition coefficient (Wildman–Crippen LogP) is 2.88. The van der Waals surface area contributed by atoms with Gasteiger partial charge in [-0.25, -0.2) is 0 Å². The Hall–Kier alpha value is -3.20. The van der Waals surface area contributed by atoms with E-state index in [9.17, 15) is 9.59 Å². The third-order valence-electron chi connectivity index (χ3n) is 5.54. The van der Waals surface area contributed by atoms with Gasteiger partial charge in [-0.1, -0.05) is 6.07 Å². The minimum absolute atomic E-state index is 0.0200. The molecular formula is C22H24N4O4S. The Kier molecular flexibility index (Phi) is 6.31. The van der Waals surface area contributed by atoms with Crippen molar-refractivity contribution in [2.24, 2.45) is 5.92 Å². The molecular weight excluding hydrogens is 416 g/mol. The maximum absolute atomic E-state index is 12.9. The minimum Gasteiger partial charge on any atom is -0.497 e. The molecule has 0 unspecified atom stereocenters. The Labute approximate surface area is 184 Å². The number of aromatic nitrogens is 2. The van der Waals surface area contributed by atoms with Crippen molar-refractivity contribution in [2.45, 2.75) is 19.4 Å². The number of ether oxygens (including phenoxy) is 2. The van der Waals surface area contributed by atoms with Gasteiger partial charge in [0.1, 0.15) is 22.5 Å². The molecule has 162 valence electrons. The first-order valence-electron chi connectivity index (χ1n) is 10.1. The number of fused-ring (bicyclic) bond motifs is 1. The normalized spacial score (nSPS) is 14.5. The molecule has 0 bridgehead atoms. The quantitative estimate of drug-likeness (QED) is 0.634. The number of rotatable bonds is 6. The fourth-order valence-electron chi connectivity index (χ4n) is 3.73. The molecule has 9 heteroatoms. The van der Waals surface area contributed by atoms with E-state index < -0.39 is 0 Å². The summed E-state index contributed by atoms with van der Waals surface area (Å²) in [6.07, 6.45) is 1.27. The lowest BCUT2D eigenvalue weighted by molar-refractivity contribution is -0.126. The second-order valence-electron chi connectivity index (χ2n) is 7.47. The van der Waals surface area contributed by atoms with E-state index in [4.69, 9.17) is 9.47 Å². The van der Waals surface area contributed by atoms with Crippen molar-refractivity contribution in [3.63, 3.8) is 0 Å². The van der Waals surface area contributed by atoms with Crippen LogP contribution in [-0.2, 0) is 11.3 Å². The highest BCUT2D eigenvalue weighted by molar-refractivity contribution is 7.00. The highest BCUT2D eigenvalue weighted by atomic mass is 32.1. The predicted molar refractivity (Wildman–Crippen MR) is 117 cm³/mol. The number of amides is 2. The van der Waals surface area contributed by atoms with Crippen molar-refractivity contribution in [3.8, 4) is 11.5 Å². The highest BCUT2D eigenvalue weighted by Crippen LogP contribution is 2.25. The van der Waals surface area contributed by atoms with E-state index in [1.54, 1.807) is 37.3 Å². The minimum atomic E-state index is -0.103. The molecule has 2 aromatic carbocycles. The van der Waals surface area contributed by atoms with Crippen molar-refractivity contribution in [3.05, 3.63) is 47.5 Å². The van der Waals surface area contributed by atoms with Gasteiger partial charge in [0.15, 0.2) is 0 Å². The summed E-state index contributed by atoms with van der Waals surface area (Å²) in [6.45, 7) is 1.52. The maximum atomic E-state index is 12.9. The SMILES string of the molecule is COc1cc(OC)cc(C(=O)N2CCC(C(=O)NCc3ccc4nsnc4c3)CC2)c1. The smallest absolute Gasteiger partial charge is 0.254 e. The third kappa shape index (κ3) is 4.77. The van der Waals surface area contributed by atoms with Gasteiger partial charge in [0, 0.05) is 37.2 Å². The van der Waals surface area contributed by atoms with Crippen molar-refractivity contribution in [2.75, 3.05) is 27.3 Å². The molecule has 1 saturated heterocycles. The standard InChI is InChI=1S/C22H24N4O4S/c1-29-17-10-16(11-18(12-17)30-2)22(28)26-7-5-15(6-8-26)21(27)23-13-14-3-4-19-20(9-14)25-31-24-19/h3-4,9-12,15H,5-8,13H2,1-2H3,(H,23,27). The molecule has 0 aliphatic carbocycles. The Balaban J connectivity index is 1.31. The summed E-state index contributed by atoms with van der Waals surface area (Å²) in [5, 5.41) is 3.01. The van der Waals surface area contributed by atoms with E-state index in [1.807, 2.05) is 18.2 Å². The van der Waals surface area contributed by atoms with Crippen LogP contribution in [0.3, 0.4) is 0 Å². The summed E-state index contributed by atoms with van der Waals surface area (Å²) in [6, 6.07) is 11.0. The Morgan fingerprint density at radius 1 is 1.03 bits per heavy atom. The van der Waals surface area contributed by atoms with Crippen LogP contribution in [0.25, 0.3) is 11.0 Å². The zero-order chi connectivity index (χ0) is 21.8. The number of hydrogen-bond acceptors (Lipinski definition) is 7. The molecule has 0 radical (unpaired) electrons. The van der Waals surface area contributed by atoms with Crippen LogP contribution in [0.15, 0.2) is 36.4 Å². The number of benzene rings is 2. The maximum Gasteiger partial charge on any atom is 0.254 e. The lowest BCUT2D eigenvalue weighted by Crippen LogP contribution is -2.42. The molecule has 2 heterocycles. The molecule has 8 nitrogen and oxygen atoms in total. The van der Waals surface area contributed by atoms with Gasteiger partial charge in [-0.3, -0.25) is 9.59 Å². The van der Waals surface area contributed by atoms with Crippen molar-refractivity contribution < 1.29 is 19.1 Å². The molecule has 0 saturated carbocycles. The first kappa shape index (κ1) is 21.0. The highest BCUT2D eigenvalue weighted by Gasteiger charge is 2.28. The first-order valence-corrected chi connectivity index (χ1v) is 10.8. The lowest BCUT2D eigenvalue weighted by atomic mass is 9.95. The van der Waals surface area contributed by atoms with Gasteiger partial charge in [-0.15, -0.1) is 0 Å². The van der Waals surface area contributed by atoms with E-state index >= 15 is 0 Å². The molecule has 1 aliphatic rings. The number of methoxy groups -OCH3 is 2. The van der Waals surface area contributed by atoms with E-state index in [2.05, 4.69) is 14.1 Å². The van der Waals surface area contributed by atoms with Gasteiger partial charge in [0.05, 0.1) is 25.9 Å². The average molecular weight is 441 g/mol. The van der Waals surface area contributed by atoms with Crippen LogP contribution in [0.4, 0.5) is 0 Å². The molecule has 0 spiro atoms. The van der Waals surface area contributed by atoms with Gasteiger partial charge in [0.25, 0.3) is 5.91 Å². The topological polar surface area (TPSA) is 93.7 Å². The van der Waals surface area contributed by atoms with Gasteiger partial charge < -0.3 is 19.7 Å². The second kappa shape index (κ2) is 9.30. The summed E-state index contributed by atoms with van der Waals surface area (Å²) in [5.74, 6) is 0.980. The number of nitrogens with zero attached hydrogens (tertiary/aromatic N) is 3. The van der Waals surface area contributed by atoms with Gasteiger partial charge in [-0.05, 0) is 42.7 Å². The van der Waals surface area contributed by atoms with E-state index in [0.717, 1.165) is 16.6 Å². The number of carbonyl (C=O) groups excluding carboxylic acids is 2. The molecule has 0 atom stereocenters. The average Bonchev–Trinajstić information content (AvgIpc) is 3.29.